The van der Waals surface area contributed by atoms with Crippen molar-refractivity contribution in [2.75, 3.05) is 44.3 Å². The Kier molecular flexibility index (Phi) is 11.8. The Morgan fingerprint density at radius 1 is 1.12 bits per heavy atom. The van der Waals surface area contributed by atoms with Gasteiger partial charge in [0.25, 0.3) is 0 Å². The lowest BCUT2D eigenvalue weighted by atomic mass is 9.70. The molecule has 0 saturated carbocycles. The number of aliphatic hydroxyl groups excluding tert-OH is 1. The molecule has 3 amide bonds. The summed E-state index contributed by atoms with van der Waals surface area (Å²) in [6.07, 6.45) is 8.00. The molecule has 1 N–H and O–H groups in total. The first-order valence-electron chi connectivity index (χ1n) is 15.6. The van der Waals surface area contributed by atoms with Crippen LogP contribution in [0.3, 0.4) is 0 Å². The minimum atomic E-state index is -0.700. The maximum Gasteiger partial charge on any atom is 0.247 e. The first-order chi connectivity index (χ1) is 20.8. The van der Waals surface area contributed by atoms with E-state index in [-0.39, 0.29) is 34.4 Å². The number of hydrogen-bond donors (Lipinski definition) is 1. The zero-order valence-corrected chi connectivity index (χ0v) is 27.9. The normalized spacial score (nSPS) is 27.2. The number of benzene rings is 1. The highest BCUT2D eigenvalue weighted by Crippen LogP contribution is 2.68. The summed E-state index contributed by atoms with van der Waals surface area (Å²) in [7, 11) is 0. The molecule has 3 aliphatic rings. The third-order valence-corrected chi connectivity index (χ3v) is 12.1. The third kappa shape index (κ3) is 6.57. The molecule has 2 bridgehead atoms. The molecule has 43 heavy (non-hydrogen) atoms. The van der Waals surface area contributed by atoms with Crippen LogP contribution in [0.4, 0.5) is 5.69 Å². The van der Waals surface area contributed by atoms with E-state index in [4.69, 9.17) is 4.74 Å². The average molecular weight is 677 g/mol. The van der Waals surface area contributed by atoms with Crippen molar-refractivity contribution >= 4 is 51.1 Å². The van der Waals surface area contributed by atoms with Gasteiger partial charge < -0.3 is 24.5 Å². The Labute approximate surface area is 269 Å². The van der Waals surface area contributed by atoms with Crippen molar-refractivity contribution < 1.29 is 24.2 Å². The van der Waals surface area contributed by atoms with Crippen LogP contribution in [0.25, 0.3) is 0 Å². The van der Waals surface area contributed by atoms with Crippen molar-refractivity contribution in [3.8, 4) is 5.75 Å². The molecule has 4 rings (SSSR count). The Morgan fingerprint density at radius 3 is 2.47 bits per heavy atom. The van der Waals surface area contributed by atoms with E-state index in [1.165, 1.54) is 0 Å². The lowest BCUT2D eigenvalue weighted by molar-refractivity contribution is -0.142. The van der Waals surface area contributed by atoms with E-state index in [1.54, 1.807) is 33.7 Å². The quantitative estimate of drug-likeness (QED) is 0.141. The SMILES string of the molecule is C=CCN(CCCC)C(=O)C1N(CCCCCO)C(=O)[C@@H]2[C@H](C(=O)N(CC=C)c3ccc(OCC)cc3)[C@H]3SC12CC3Br. The van der Waals surface area contributed by atoms with Crippen molar-refractivity contribution in [2.24, 2.45) is 11.8 Å². The molecule has 236 valence electrons. The largest absolute Gasteiger partial charge is 0.494 e. The van der Waals surface area contributed by atoms with Gasteiger partial charge in [-0.3, -0.25) is 14.4 Å². The Bertz CT molecular complexity index is 1170. The van der Waals surface area contributed by atoms with Crippen LogP contribution < -0.4 is 9.64 Å². The van der Waals surface area contributed by atoms with E-state index in [1.807, 2.05) is 36.1 Å². The lowest BCUT2D eigenvalue weighted by Crippen LogP contribution is -2.56. The van der Waals surface area contributed by atoms with Crippen LogP contribution >= 0.6 is 27.7 Å². The van der Waals surface area contributed by atoms with Gasteiger partial charge in [0.05, 0.1) is 23.2 Å². The van der Waals surface area contributed by atoms with E-state index < -0.39 is 22.6 Å². The fourth-order valence-electron chi connectivity index (χ4n) is 6.99. The highest BCUT2D eigenvalue weighted by atomic mass is 79.9. The summed E-state index contributed by atoms with van der Waals surface area (Å²) in [5, 5.41) is 9.19. The van der Waals surface area contributed by atoms with Crippen molar-refractivity contribution in [1.29, 1.82) is 0 Å². The second kappa shape index (κ2) is 15.1. The first-order valence-corrected chi connectivity index (χ1v) is 17.4. The van der Waals surface area contributed by atoms with Crippen LogP contribution in [0.1, 0.15) is 52.4 Å². The first kappa shape index (κ1) is 33.6. The van der Waals surface area contributed by atoms with Gasteiger partial charge in [0.1, 0.15) is 11.8 Å². The number of thioether (sulfide) groups is 1. The standard InChI is InChI=1S/C33H46BrN3O5S/c1-5-9-19-35(17-6-2)32(41)29-33-22-25(34)28(43-33)26(27(33)31(40)37(29)20-11-10-12-21-38)30(39)36(18-7-3)23-13-15-24(16-14-23)42-8-4/h6-7,13-16,25-29,38H,2-3,5,8-12,17-22H2,1,4H3/t25?,26-,27-,28-,29?,33?/m0/s1. The molecule has 3 fully saturated rings. The molecule has 3 aliphatic heterocycles. The van der Waals surface area contributed by atoms with Gasteiger partial charge in [-0.25, -0.2) is 0 Å². The van der Waals surface area contributed by atoms with Crippen molar-refractivity contribution in [3.05, 3.63) is 49.6 Å². The van der Waals surface area contributed by atoms with Gasteiger partial charge in [0.15, 0.2) is 0 Å². The number of amides is 3. The molecular weight excluding hydrogens is 630 g/mol. The zero-order chi connectivity index (χ0) is 31.1. The van der Waals surface area contributed by atoms with E-state index in [0.717, 1.165) is 30.7 Å². The minimum Gasteiger partial charge on any atom is -0.494 e. The fourth-order valence-corrected chi connectivity index (χ4v) is 10.6. The summed E-state index contributed by atoms with van der Waals surface area (Å²) in [5.74, 6) is -0.724. The molecule has 8 nitrogen and oxygen atoms in total. The van der Waals surface area contributed by atoms with Crippen LogP contribution in [0.15, 0.2) is 49.6 Å². The van der Waals surface area contributed by atoms with Gasteiger partial charge >= 0.3 is 0 Å². The maximum atomic E-state index is 14.5. The number of carbonyl (C=O) groups excluding carboxylic acids is 3. The van der Waals surface area contributed by atoms with Gasteiger partial charge in [-0.2, -0.15) is 0 Å². The maximum absolute atomic E-state index is 14.5. The van der Waals surface area contributed by atoms with Crippen LogP contribution in [0.5, 0.6) is 5.75 Å². The third-order valence-electron chi connectivity index (χ3n) is 8.85. The number of halogens is 1. The van der Waals surface area contributed by atoms with Gasteiger partial charge in [0.2, 0.25) is 17.7 Å². The highest BCUT2D eigenvalue weighted by Gasteiger charge is 2.76. The average Bonchev–Trinajstić information content (AvgIpc) is 3.59. The molecule has 1 aromatic carbocycles. The summed E-state index contributed by atoms with van der Waals surface area (Å²) < 4.78 is 4.90. The van der Waals surface area contributed by atoms with Crippen LogP contribution in [-0.4, -0.2) is 92.9 Å². The van der Waals surface area contributed by atoms with E-state index >= 15 is 0 Å². The number of alkyl halides is 1. The molecule has 3 heterocycles. The number of anilines is 1. The number of aliphatic hydroxyl groups is 1. The number of hydrogen-bond acceptors (Lipinski definition) is 6. The Morgan fingerprint density at radius 2 is 1.84 bits per heavy atom. The van der Waals surface area contributed by atoms with Crippen molar-refractivity contribution in [1.82, 2.24) is 9.80 Å². The van der Waals surface area contributed by atoms with Gasteiger partial charge in [0, 0.05) is 48.6 Å². The molecule has 0 aliphatic carbocycles. The van der Waals surface area contributed by atoms with Crippen molar-refractivity contribution in [2.45, 2.75) is 73.2 Å². The molecule has 1 aromatic rings. The van der Waals surface area contributed by atoms with Gasteiger partial charge in [-0.05, 0) is 63.3 Å². The molecule has 3 saturated heterocycles. The molecule has 3 unspecified atom stereocenters. The second-order valence-electron chi connectivity index (χ2n) is 11.6. The molecular formula is C33H46BrN3O5S. The van der Waals surface area contributed by atoms with Crippen LogP contribution in [0, 0.1) is 11.8 Å². The van der Waals surface area contributed by atoms with Crippen LogP contribution in [-0.2, 0) is 14.4 Å². The number of likely N-dealkylation sites (tertiary alicyclic amines) is 1. The number of nitrogens with zero attached hydrogens (tertiary/aromatic N) is 3. The zero-order valence-electron chi connectivity index (χ0n) is 25.5. The summed E-state index contributed by atoms with van der Waals surface area (Å²) in [6, 6.07) is 6.78. The predicted octanol–water partition coefficient (Wildman–Crippen LogP) is 5.05. The minimum absolute atomic E-state index is 0.00505. The molecule has 6 atom stereocenters. The number of carbonyl (C=O) groups is 3. The van der Waals surface area contributed by atoms with Gasteiger partial charge in [-0.15, -0.1) is 24.9 Å². The number of ether oxygens (including phenoxy) is 1. The van der Waals surface area contributed by atoms with Crippen molar-refractivity contribution in [3.63, 3.8) is 0 Å². The fraction of sp³-hybridized carbons (Fsp3) is 0.606. The monoisotopic (exact) mass is 675 g/mol. The van der Waals surface area contributed by atoms with Crippen LogP contribution in [0.2, 0.25) is 0 Å². The van der Waals surface area contributed by atoms with E-state index in [9.17, 15) is 19.5 Å². The number of fused-ring (bicyclic) bond motifs is 1. The van der Waals surface area contributed by atoms with E-state index in [2.05, 4.69) is 36.0 Å². The topological polar surface area (TPSA) is 90.4 Å². The molecule has 0 aromatic heterocycles. The lowest BCUT2D eigenvalue weighted by Gasteiger charge is -2.38. The van der Waals surface area contributed by atoms with Gasteiger partial charge in [-0.1, -0.05) is 41.4 Å². The summed E-state index contributed by atoms with van der Waals surface area (Å²) in [4.78, 5) is 48.7. The van der Waals surface area contributed by atoms with E-state index in [0.29, 0.717) is 52.0 Å². The summed E-state index contributed by atoms with van der Waals surface area (Å²) in [5.41, 5.74) is 0.719. The summed E-state index contributed by atoms with van der Waals surface area (Å²) >= 11 is 5.54. The number of unbranched alkanes of at least 4 members (excludes halogenated alkanes) is 3. The summed E-state index contributed by atoms with van der Waals surface area (Å²) in [6.45, 7) is 14.2. The predicted molar refractivity (Wildman–Crippen MR) is 177 cm³/mol. The molecule has 10 heteroatoms. The Hall–Kier alpha value is -2.30. The second-order valence-corrected chi connectivity index (χ2v) is 14.3. The Balaban J connectivity index is 1.72. The molecule has 0 radical (unpaired) electrons. The highest BCUT2D eigenvalue weighted by molar-refractivity contribution is 9.09. The molecule has 1 spiro atoms. The number of rotatable bonds is 17. The smallest absolute Gasteiger partial charge is 0.247 e.